The van der Waals surface area contributed by atoms with Crippen LogP contribution in [0.4, 0.5) is 5.95 Å². The lowest BCUT2D eigenvalue weighted by molar-refractivity contribution is 0.884. The quantitative estimate of drug-likeness (QED) is 0.415. The first-order chi connectivity index (χ1) is 13.7. The molecule has 2 aromatic heterocycles. The van der Waals surface area contributed by atoms with Crippen molar-refractivity contribution in [3.8, 4) is 16.9 Å². The second-order valence-corrected chi connectivity index (χ2v) is 6.04. The summed E-state index contributed by atoms with van der Waals surface area (Å²) in [6.07, 6.45) is 3.53. The molecule has 4 rings (SSSR count). The van der Waals surface area contributed by atoms with Gasteiger partial charge in [-0.3, -0.25) is 9.78 Å². The van der Waals surface area contributed by atoms with Crippen LogP contribution in [0.15, 0.2) is 76.8 Å². The van der Waals surface area contributed by atoms with Gasteiger partial charge in [0, 0.05) is 17.3 Å². The molecular formula is C20H17N7O. The fourth-order valence-electron chi connectivity index (χ4n) is 2.62. The Bertz CT molecular complexity index is 1160. The summed E-state index contributed by atoms with van der Waals surface area (Å²) in [7, 11) is 0. The first-order valence-corrected chi connectivity index (χ1v) is 8.64. The first kappa shape index (κ1) is 17.3. The van der Waals surface area contributed by atoms with Crippen LogP contribution in [0.3, 0.4) is 0 Å². The first-order valence-electron chi connectivity index (χ1n) is 8.64. The van der Waals surface area contributed by atoms with Crippen molar-refractivity contribution < 1.29 is 0 Å². The van der Waals surface area contributed by atoms with Crippen molar-refractivity contribution in [3.05, 3.63) is 88.5 Å². The molecule has 0 aliphatic carbocycles. The van der Waals surface area contributed by atoms with Crippen molar-refractivity contribution in [2.75, 3.05) is 5.43 Å². The number of hydrogen-bond donors (Lipinski definition) is 2. The van der Waals surface area contributed by atoms with Gasteiger partial charge in [0.15, 0.2) is 0 Å². The predicted octanol–water partition coefficient (Wildman–Crippen LogP) is 2.77. The number of H-pyrrole nitrogens is 1. The molecular weight excluding hydrogens is 354 g/mol. The Morgan fingerprint density at radius 3 is 2.46 bits per heavy atom. The Morgan fingerprint density at radius 2 is 1.75 bits per heavy atom. The van der Waals surface area contributed by atoms with Gasteiger partial charge in [0.1, 0.15) is 11.4 Å². The molecule has 0 spiro atoms. The highest BCUT2D eigenvalue weighted by atomic mass is 16.1. The molecule has 0 amide bonds. The standard InChI is InChI=1S/C20H17N7O/c1-14-19(28)22-20(25-23-14)24-21-12-16-13-27(17-10-6-3-7-11-17)26-18(16)15-8-4-2-5-9-15/h2-13H,1H3,(H2,22,24,25,28)/b21-12-. The summed E-state index contributed by atoms with van der Waals surface area (Å²) in [5.41, 5.74) is 6.20. The lowest BCUT2D eigenvalue weighted by atomic mass is 10.1. The maximum atomic E-state index is 11.6. The Kier molecular flexibility index (Phi) is 4.75. The van der Waals surface area contributed by atoms with E-state index < -0.39 is 0 Å². The van der Waals surface area contributed by atoms with E-state index in [2.05, 4.69) is 25.7 Å². The number of hydrogen-bond acceptors (Lipinski definition) is 6. The number of benzene rings is 2. The van der Waals surface area contributed by atoms with Crippen LogP contribution in [0.2, 0.25) is 0 Å². The highest BCUT2D eigenvalue weighted by Crippen LogP contribution is 2.22. The largest absolute Gasteiger partial charge is 0.288 e. The van der Waals surface area contributed by atoms with Crippen LogP contribution in [0, 0.1) is 6.92 Å². The summed E-state index contributed by atoms with van der Waals surface area (Å²) < 4.78 is 1.80. The van der Waals surface area contributed by atoms with Crippen molar-refractivity contribution in [2.45, 2.75) is 6.92 Å². The Balaban J connectivity index is 1.67. The molecule has 0 aliphatic rings. The number of nitrogens with one attached hydrogen (secondary N) is 2. The SMILES string of the molecule is Cc1nnc(N/N=C\c2cn(-c3ccccc3)nc2-c2ccccc2)[nH]c1=O. The minimum absolute atomic E-state index is 0.170. The third-order valence-electron chi connectivity index (χ3n) is 4.05. The molecule has 0 aliphatic heterocycles. The summed E-state index contributed by atoms with van der Waals surface area (Å²) in [4.78, 5) is 14.2. The van der Waals surface area contributed by atoms with Crippen LogP contribution in [0.5, 0.6) is 0 Å². The van der Waals surface area contributed by atoms with Gasteiger partial charge in [-0.25, -0.2) is 10.1 Å². The van der Waals surface area contributed by atoms with Crippen LogP contribution in [0.25, 0.3) is 16.9 Å². The summed E-state index contributed by atoms with van der Waals surface area (Å²) >= 11 is 0. The zero-order chi connectivity index (χ0) is 19.3. The fourth-order valence-corrected chi connectivity index (χ4v) is 2.62. The minimum atomic E-state index is -0.311. The van der Waals surface area contributed by atoms with E-state index in [0.29, 0.717) is 5.69 Å². The number of aromatic nitrogens is 5. The van der Waals surface area contributed by atoms with Crippen molar-refractivity contribution in [2.24, 2.45) is 5.10 Å². The highest BCUT2D eigenvalue weighted by molar-refractivity contribution is 5.89. The normalized spacial score (nSPS) is 11.0. The number of para-hydroxylation sites is 1. The van der Waals surface area contributed by atoms with Crippen LogP contribution in [0.1, 0.15) is 11.3 Å². The van der Waals surface area contributed by atoms with Gasteiger partial charge in [0.05, 0.1) is 11.9 Å². The van der Waals surface area contributed by atoms with E-state index in [0.717, 1.165) is 22.5 Å². The summed E-state index contributed by atoms with van der Waals surface area (Å²) in [5.74, 6) is 0.170. The molecule has 2 heterocycles. The molecule has 0 saturated carbocycles. The number of anilines is 1. The Labute approximate surface area is 160 Å². The van der Waals surface area contributed by atoms with E-state index in [4.69, 9.17) is 5.10 Å². The third kappa shape index (κ3) is 3.70. The van der Waals surface area contributed by atoms with Crippen LogP contribution in [-0.4, -0.2) is 31.2 Å². The third-order valence-corrected chi connectivity index (χ3v) is 4.05. The van der Waals surface area contributed by atoms with Gasteiger partial charge in [-0.05, 0) is 19.1 Å². The molecule has 8 heteroatoms. The lowest BCUT2D eigenvalue weighted by Gasteiger charge is -2.00. The van der Waals surface area contributed by atoms with Crippen molar-refractivity contribution >= 4 is 12.2 Å². The van der Waals surface area contributed by atoms with E-state index in [-0.39, 0.29) is 11.5 Å². The van der Waals surface area contributed by atoms with Crippen molar-refractivity contribution in [1.29, 1.82) is 0 Å². The molecule has 0 fully saturated rings. The number of aromatic amines is 1. The van der Waals surface area contributed by atoms with Gasteiger partial charge >= 0.3 is 0 Å². The van der Waals surface area contributed by atoms with Crippen molar-refractivity contribution in [3.63, 3.8) is 0 Å². The lowest BCUT2D eigenvalue weighted by Crippen LogP contribution is -2.15. The smallest absolute Gasteiger partial charge is 0.274 e. The Hall–Kier alpha value is -4.07. The molecule has 0 atom stereocenters. The predicted molar refractivity (Wildman–Crippen MR) is 108 cm³/mol. The number of aryl methyl sites for hydroxylation is 1. The molecule has 8 nitrogen and oxygen atoms in total. The molecule has 0 saturated heterocycles. The molecule has 0 radical (unpaired) electrons. The van der Waals surface area contributed by atoms with Gasteiger partial charge in [-0.2, -0.15) is 10.2 Å². The molecule has 138 valence electrons. The maximum Gasteiger partial charge on any atom is 0.274 e. The average molecular weight is 371 g/mol. The van der Waals surface area contributed by atoms with Crippen LogP contribution >= 0.6 is 0 Å². The molecule has 0 bridgehead atoms. The number of rotatable bonds is 5. The van der Waals surface area contributed by atoms with Gasteiger partial charge in [0.2, 0.25) is 5.95 Å². The molecule has 0 unspecified atom stereocenters. The van der Waals surface area contributed by atoms with Gasteiger partial charge in [-0.15, -0.1) is 10.2 Å². The summed E-state index contributed by atoms with van der Waals surface area (Å²) in [6.45, 7) is 1.59. The zero-order valence-corrected chi connectivity index (χ0v) is 15.1. The molecule has 4 aromatic rings. The molecule has 28 heavy (non-hydrogen) atoms. The summed E-state index contributed by atoms with van der Waals surface area (Å²) in [6, 6.07) is 19.7. The topological polar surface area (TPSA) is 101 Å². The summed E-state index contributed by atoms with van der Waals surface area (Å²) in [5, 5.41) is 16.5. The molecule has 2 N–H and O–H groups in total. The highest BCUT2D eigenvalue weighted by Gasteiger charge is 2.10. The molecule has 2 aromatic carbocycles. The van der Waals surface area contributed by atoms with Crippen molar-refractivity contribution in [1.82, 2.24) is 25.0 Å². The number of hydrazone groups is 1. The van der Waals surface area contributed by atoms with Gasteiger partial charge in [-0.1, -0.05) is 48.5 Å². The monoisotopic (exact) mass is 371 g/mol. The van der Waals surface area contributed by atoms with E-state index in [9.17, 15) is 4.79 Å². The second-order valence-electron chi connectivity index (χ2n) is 6.04. The van der Waals surface area contributed by atoms with E-state index in [1.807, 2.05) is 66.9 Å². The average Bonchev–Trinajstić information content (AvgIpc) is 3.16. The minimum Gasteiger partial charge on any atom is -0.288 e. The van der Waals surface area contributed by atoms with Gasteiger partial charge < -0.3 is 0 Å². The second kappa shape index (κ2) is 7.67. The number of nitrogens with zero attached hydrogens (tertiary/aromatic N) is 5. The fraction of sp³-hybridized carbons (Fsp3) is 0.0500. The van der Waals surface area contributed by atoms with E-state index in [1.54, 1.807) is 17.8 Å². The van der Waals surface area contributed by atoms with E-state index >= 15 is 0 Å². The maximum absolute atomic E-state index is 11.6. The zero-order valence-electron chi connectivity index (χ0n) is 15.1. The van der Waals surface area contributed by atoms with Crippen LogP contribution < -0.4 is 11.0 Å². The Morgan fingerprint density at radius 1 is 1.04 bits per heavy atom. The van der Waals surface area contributed by atoms with Gasteiger partial charge in [0.25, 0.3) is 5.56 Å². The van der Waals surface area contributed by atoms with E-state index in [1.165, 1.54) is 0 Å². The van der Waals surface area contributed by atoms with Crippen LogP contribution in [-0.2, 0) is 0 Å².